The summed E-state index contributed by atoms with van der Waals surface area (Å²) in [7, 11) is 0. The molecule has 1 fully saturated rings. The van der Waals surface area contributed by atoms with Crippen LogP contribution in [0.25, 0.3) is 0 Å². The zero-order valence-corrected chi connectivity index (χ0v) is 11.9. The highest BCUT2D eigenvalue weighted by molar-refractivity contribution is 6.12. The van der Waals surface area contributed by atoms with Crippen LogP contribution < -0.4 is 11.1 Å². The quantitative estimate of drug-likeness (QED) is 0.343. The third-order valence-electron chi connectivity index (χ3n) is 4.25. The van der Waals surface area contributed by atoms with E-state index in [2.05, 4.69) is 10.5 Å². The van der Waals surface area contributed by atoms with Crippen molar-refractivity contribution in [3.05, 3.63) is 29.3 Å². The van der Waals surface area contributed by atoms with Gasteiger partial charge in [0.25, 0.3) is 0 Å². The van der Waals surface area contributed by atoms with Crippen LogP contribution in [0.4, 0.5) is 5.69 Å². The second-order valence-electron chi connectivity index (χ2n) is 5.53. The van der Waals surface area contributed by atoms with Gasteiger partial charge in [-0.25, -0.2) is 0 Å². The first-order valence-corrected chi connectivity index (χ1v) is 6.86. The second kappa shape index (κ2) is 5.53. The van der Waals surface area contributed by atoms with Crippen molar-refractivity contribution in [1.82, 2.24) is 0 Å². The molecule has 0 aliphatic heterocycles. The highest BCUT2D eigenvalue weighted by atomic mass is 16.4. The molecular weight excluding hydrogens is 254 g/mol. The third kappa shape index (κ3) is 2.48. The van der Waals surface area contributed by atoms with E-state index in [1.54, 1.807) is 0 Å². The highest BCUT2D eigenvalue weighted by Crippen LogP contribution is 2.39. The molecule has 1 aromatic carbocycles. The summed E-state index contributed by atoms with van der Waals surface area (Å²) in [5, 5.41) is 14.9. The zero-order chi connectivity index (χ0) is 14.8. The van der Waals surface area contributed by atoms with Crippen LogP contribution in [0.1, 0.15) is 36.8 Å². The van der Waals surface area contributed by atoms with Crippen LogP contribution in [0.3, 0.4) is 0 Å². The van der Waals surface area contributed by atoms with E-state index < -0.39 is 5.41 Å². The predicted octanol–water partition coefficient (Wildman–Crippen LogP) is 2.55. The molecule has 1 amide bonds. The number of hydrogen-bond donors (Lipinski definition) is 3. The smallest absolute Gasteiger partial charge is 0.238 e. The number of benzene rings is 1. The molecule has 0 saturated heterocycles. The van der Waals surface area contributed by atoms with E-state index in [0.717, 1.165) is 24.1 Å². The number of oxime groups is 1. The number of hydrogen-bond acceptors (Lipinski definition) is 3. The fourth-order valence-electron chi connectivity index (χ4n) is 2.74. The SMILES string of the molecule is Cc1ccc(NC(=O)C2(C(N)=NO)CCCC2)cc1C. The van der Waals surface area contributed by atoms with E-state index in [4.69, 9.17) is 10.9 Å². The molecule has 0 aromatic heterocycles. The van der Waals surface area contributed by atoms with Crippen molar-refractivity contribution in [3.63, 3.8) is 0 Å². The summed E-state index contributed by atoms with van der Waals surface area (Å²) >= 11 is 0. The van der Waals surface area contributed by atoms with E-state index >= 15 is 0 Å². The van der Waals surface area contributed by atoms with Crippen LogP contribution in [0.5, 0.6) is 0 Å². The Hall–Kier alpha value is -2.04. The van der Waals surface area contributed by atoms with Gasteiger partial charge in [-0.2, -0.15) is 0 Å². The number of anilines is 1. The fourth-order valence-corrected chi connectivity index (χ4v) is 2.74. The van der Waals surface area contributed by atoms with Crippen molar-refractivity contribution in [3.8, 4) is 0 Å². The maximum Gasteiger partial charge on any atom is 0.238 e. The predicted molar refractivity (Wildman–Crippen MR) is 78.9 cm³/mol. The third-order valence-corrected chi connectivity index (χ3v) is 4.25. The van der Waals surface area contributed by atoms with Crippen LogP contribution in [-0.4, -0.2) is 17.0 Å². The van der Waals surface area contributed by atoms with Crippen molar-refractivity contribution in [2.75, 3.05) is 5.32 Å². The minimum absolute atomic E-state index is 0.0105. The molecule has 0 unspecified atom stereocenters. The molecule has 5 nitrogen and oxygen atoms in total. The van der Waals surface area contributed by atoms with Crippen molar-refractivity contribution in [2.24, 2.45) is 16.3 Å². The molecule has 1 aliphatic rings. The Kier molecular flexibility index (Phi) is 3.97. The second-order valence-corrected chi connectivity index (χ2v) is 5.53. The number of aryl methyl sites for hydroxylation is 2. The zero-order valence-electron chi connectivity index (χ0n) is 11.9. The topological polar surface area (TPSA) is 87.7 Å². The lowest BCUT2D eigenvalue weighted by Crippen LogP contribution is -2.45. The van der Waals surface area contributed by atoms with Crippen molar-refractivity contribution in [1.29, 1.82) is 0 Å². The van der Waals surface area contributed by atoms with Gasteiger partial charge < -0.3 is 16.3 Å². The molecule has 1 aliphatic carbocycles. The van der Waals surface area contributed by atoms with Crippen molar-refractivity contribution >= 4 is 17.4 Å². The van der Waals surface area contributed by atoms with Gasteiger partial charge in [0.2, 0.25) is 5.91 Å². The Bertz CT molecular complexity index is 546. The minimum Gasteiger partial charge on any atom is -0.409 e. The molecule has 2 rings (SSSR count). The Labute approximate surface area is 118 Å². The molecule has 20 heavy (non-hydrogen) atoms. The summed E-state index contributed by atoms with van der Waals surface area (Å²) in [6, 6.07) is 5.77. The van der Waals surface area contributed by atoms with E-state index in [1.807, 2.05) is 32.0 Å². The first-order chi connectivity index (χ1) is 9.49. The van der Waals surface area contributed by atoms with Gasteiger partial charge in [-0.05, 0) is 49.9 Å². The Morgan fingerprint density at radius 1 is 1.30 bits per heavy atom. The van der Waals surface area contributed by atoms with Crippen LogP contribution >= 0.6 is 0 Å². The van der Waals surface area contributed by atoms with Crippen LogP contribution in [-0.2, 0) is 4.79 Å². The van der Waals surface area contributed by atoms with Gasteiger partial charge in [-0.1, -0.05) is 24.1 Å². The van der Waals surface area contributed by atoms with E-state index in [-0.39, 0.29) is 11.7 Å². The van der Waals surface area contributed by atoms with Crippen molar-refractivity contribution in [2.45, 2.75) is 39.5 Å². The summed E-state index contributed by atoms with van der Waals surface area (Å²) in [5.41, 5.74) is 7.93. The number of amidine groups is 1. The van der Waals surface area contributed by atoms with Gasteiger partial charge in [0.1, 0.15) is 5.41 Å². The van der Waals surface area contributed by atoms with Gasteiger partial charge in [0, 0.05) is 5.69 Å². The molecule has 5 heteroatoms. The van der Waals surface area contributed by atoms with Crippen LogP contribution in [0.15, 0.2) is 23.4 Å². The molecule has 1 aromatic rings. The summed E-state index contributed by atoms with van der Waals surface area (Å²) in [5.74, 6) is -0.176. The molecule has 0 spiro atoms. The van der Waals surface area contributed by atoms with E-state index in [9.17, 15) is 4.79 Å². The molecule has 4 N–H and O–H groups in total. The number of carbonyl (C=O) groups excluding carboxylic acids is 1. The number of nitrogens with two attached hydrogens (primary N) is 1. The summed E-state index contributed by atoms with van der Waals surface area (Å²) in [6.45, 7) is 4.02. The van der Waals surface area contributed by atoms with Crippen LogP contribution in [0, 0.1) is 19.3 Å². The molecule has 0 heterocycles. The Balaban J connectivity index is 2.23. The number of amides is 1. The fraction of sp³-hybridized carbons (Fsp3) is 0.467. The highest BCUT2D eigenvalue weighted by Gasteiger charge is 2.45. The lowest BCUT2D eigenvalue weighted by molar-refractivity contribution is -0.122. The monoisotopic (exact) mass is 275 g/mol. The molecule has 0 atom stereocenters. The first-order valence-electron chi connectivity index (χ1n) is 6.86. The number of carbonyl (C=O) groups is 1. The molecule has 1 saturated carbocycles. The maximum atomic E-state index is 12.6. The van der Waals surface area contributed by atoms with Gasteiger partial charge >= 0.3 is 0 Å². The molecular formula is C15H21N3O2. The van der Waals surface area contributed by atoms with Gasteiger partial charge in [0.15, 0.2) is 5.84 Å². The van der Waals surface area contributed by atoms with Crippen LogP contribution in [0.2, 0.25) is 0 Å². The molecule has 0 bridgehead atoms. The lowest BCUT2D eigenvalue weighted by Gasteiger charge is -2.26. The van der Waals surface area contributed by atoms with Crippen molar-refractivity contribution < 1.29 is 10.0 Å². The number of nitrogens with one attached hydrogen (secondary N) is 1. The average molecular weight is 275 g/mol. The normalized spacial score (nSPS) is 18.0. The van der Waals surface area contributed by atoms with Gasteiger partial charge in [-0.3, -0.25) is 4.79 Å². The lowest BCUT2D eigenvalue weighted by atomic mass is 9.83. The standard InChI is InChI=1S/C15H21N3O2/c1-10-5-6-12(9-11(10)2)17-14(19)15(13(16)18-20)7-3-4-8-15/h5-6,9,20H,3-4,7-8H2,1-2H3,(H2,16,18)(H,17,19). The minimum atomic E-state index is -0.868. The average Bonchev–Trinajstić information content (AvgIpc) is 2.93. The van der Waals surface area contributed by atoms with Gasteiger partial charge in [0.05, 0.1) is 0 Å². The Morgan fingerprint density at radius 2 is 1.95 bits per heavy atom. The summed E-state index contributed by atoms with van der Waals surface area (Å²) in [6.07, 6.45) is 3.08. The largest absolute Gasteiger partial charge is 0.409 e. The molecule has 108 valence electrons. The van der Waals surface area contributed by atoms with E-state index in [0.29, 0.717) is 12.8 Å². The summed E-state index contributed by atoms with van der Waals surface area (Å²) in [4.78, 5) is 12.6. The Morgan fingerprint density at radius 3 is 2.50 bits per heavy atom. The van der Waals surface area contributed by atoms with Gasteiger partial charge in [-0.15, -0.1) is 0 Å². The first kappa shape index (κ1) is 14.4. The maximum absolute atomic E-state index is 12.6. The number of rotatable bonds is 3. The number of nitrogens with zero attached hydrogens (tertiary/aromatic N) is 1. The van der Waals surface area contributed by atoms with E-state index in [1.165, 1.54) is 5.56 Å². The summed E-state index contributed by atoms with van der Waals surface area (Å²) < 4.78 is 0. The molecule has 0 radical (unpaired) electrons.